The Morgan fingerprint density at radius 2 is 1.52 bits per heavy atom. The van der Waals surface area contributed by atoms with Crippen LogP contribution < -0.4 is 10.1 Å². The highest BCUT2D eigenvalue weighted by molar-refractivity contribution is 5.75. The number of benzene rings is 1. The topological polar surface area (TPSA) is 47.6 Å². The number of ether oxygens (including phenoxy) is 2. The number of rotatable bonds is 6. The molecule has 1 N–H and O–H groups in total. The number of halogens is 5. The summed E-state index contributed by atoms with van der Waals surface area (Å²) in [5.74, 6) is -13.0. The summed E-state index contributed by atoms with van der Waals surface area (Å²) >= 11 is 0. The van der Waals surface area contributed by atoms with E-state index >= 15 is 0 Å². The van der Waals surface area contributed by atoms with Crippen LogP contribution in [-0.4, -0.2) is 32.3 Å². The zero-order valence-electron chi connectivity index (χ0n) is 11.1. The zero-order chi connectivity index (χ0) is 16.2. The lowest BCUT2D eigenvalue weighted by Crippen LogP contribution is -2.42. The van der Waals surface area contributed by atoms with E-state index in [4.69, 9.17) is 0 Å². The highest BCUT2D eigenvalue weighted by atomic mass is 19.2. The molecule has 0 fully saturated rings. The lowest BCUT2D eigenvalue weighted by molar-refractivity contribution is -0.143. The Morgan fingerprint density at radius 1 is 1.05 bits per heavy atom. The van der Waals surface area contributed by atoms with Crippen molar-refractivity contribution in [2.24, 2.45) is 0 Å². The second kappa shape index (κ2) is 7.21. The maximum absolute atomic E-state index is 13.3. The van der Waals surface area contributed by atoms with E-state index in [1.807, 2.05) is 0 Å². The predicted molar refractivity (Wildman–Crippen MR) is 61.2 cm³/mol. The van der Waals surface area contributed by atoms with Gasteiger partial charge >= 0.3 is 5.97 Å². The van der Waals surface area contributed by atoms with Crippen molar-refractivity contribution < 1.29 is 36.2 Å². The summed E-state index contributed by atoms with van der Waals surface area (Å²) in [6.07, 6.45) is 0. The quantitative estimate of drug-likeness (QED) is 0.377. The van der Waals surface area contributed by atoms with Gasteiger partial charge in [-0.25, -0.2) is 13.2 Å². The zero-order valence-corrected chi connectivity index (χ0v) is 11.1. The van der Waals surface area contributed by atoms with Gasteiger partial charge in [-0.15, -0.1) is 0 Å². The molecule has 0 saturated heterocycles. The summed E-state index contributed by atoms with van der Waals surface area (Å²) in [7, 11) is 1.07. The molecule has 0 aliphatic carbocycles. The molecule has 1 aromatic carbocycles. The number of hydrogen-bond donors (Lipinski definition) is 1. The molecule has 0 saturated carbocycles. The number of carbonyl (C=O) groups excluding carboxylic acids is 1. The average molecular weight is 313 g/mol. The van der Waals surface area contributed by atoms with Crippen LogP contribution in [0.2, 0.25) is 0 Å². The highest BCUT2D eigenvalue weighted by Gasteiger charge is 2.28. The van der Waals surface area contributed by atoms with E-state index in [1.54, 1.807) is 6.92 Å². The largest absolute Gasteiger partial charge is 0.485 e. The second-order valence-electron chi connectivity index (χ2n) is 3.84. The second-order valence-corrected chi connectivity index (χ2v) is 3.84. The van der Waals surface area contributed by atoms with Gasteiger partial charge in [0.25, 0.3) is 0 Å². The van der Waals surface area contributed by atoms with Crippen molar-refractivity contribution >= 4 is 5.97 Å². The van der Waals surface area contributed by atoms with Gasteiger partial charge in [-0.05, 0) is 6.54 Å². The van der Waals surface area contributed by atoms with Crippen molar-refractivity contribution in [2.75, 3.05) is 20.3 Å². The van der Waals surface area contributed by atoms with E-state index < -0.39 is 53.5 Å². The molecule has 1 unspecified atom stereocenters. The van der Waals surface area contributed by atoms with Crippen LogP contribution in [0.15, 0.2) is 0 Å². The first-order chi connectivity index (χ1) is 9.84. The summed E-state index contributed by atoms with van der Waals surface area (Å²) in [5, 5.41) is 2.58. The van der Waals surface area contributed by atoms with E-state index in [-0.39, 0.29) is 0 Å². The molecule has 0 aliphatic heterocycles. The van der Waals surface area contributed by atoms with Crippen LogP contribution in [0.5, 0.6) is 5.75 Å². The molecule has 0 heterocycles. The summed E-state index contributed by atoms with van der Waals surface area (Å²) in [6, 6.07) is -1.12. The molecule has 21 heavy (non-hydrogen) atoms. The van der Waals surface area contributed by atoms with Crippen molar-refractivity contribution in [2.45, 2.75) is 13.0 Å². The Balaban J connectivity index is 3.00. The van der Waals surface area contributed by atoms with Crippen LogP contribution in [0.3, 0.4) is 0 Å². The molecule has 0 radical (unpaired) electrons. The SMILES string of the molecule is CCNC(COc1c(F)c(F)c(F)c(F)c1F)C(=O)OC. The summed E-state index contributed by atoms with van der Waals surface area (Å²) in [6.45, 7) is 1.26. The standard InChI is InChI=1S/C12H12F5NO3/c1-3-18-5(12(19)20-2)4-21-11-9(16)7(14)6(13)8(15)10(11)17/h5,18H,3-4H2,1-2H3. The Bertz CT molecular complexity index is 509. The Morgan fingerprint density at radius 3 is 1.95 bits per heavy atom. The van der Waals surface area contributed by atoms with Crippen LogP contribution in [0.1, 0.15) is 6.92 Å². The fourth-order valence-corrected chi connectivity index (χ4v) is 1.48. The predicted octanol–water partition coefficient (Wildman–Crippen LogP) is 1.91. The van der Waals surface area contributed by atoms with Gasteiger partial charge < -0.3 is 14.8 Å². The Hall–Kier alpha value is -1.90. The molecule has 0 aliphatic rings. The molecule has 1 atom stereocenters. The Kier molecular flexibility index (Phi) is 5.89. The molecular weight excluding hydrogens is 301 g/mol. The van der Waals surface area contributed by atoms with Crippen LogP contribution >= 0.6 is 0 Å². The molecule has 4 nitrogen and oxygen atoms in total. The van der Waals surface area contributed by atoms with Crippen molar-refractivity contribution in [3.05, 3.63) is 29.1 Å². The molecular formula is C12H12F5NO3. The molecule has 0 aromatic heterocycles. The molecule has 1 rings (SSSR count). The van der Waals surface area contributed by atoms with Gasteiger partial charge in [0.2, 0.25) is 29.1 Å². The summed E-state index contributed by atoms with van der Waals surface area (Å²) in [4.78, 5) is 11.3. The molecule has 118 valence electrons. The van der Waals surface area contributed by atoms with Gasteiger partial charge in [-0.2, -0.15) is 8.78 Å². The highest BCUT2D eigenvalue weighted by Crippen LogP contribution is 2.29. The monoisotopic (exact) mass is 313 g/mol. The number of carbonyl (C=O) groups is 1. The minimum Gasteiger partial charge on any atom is -0.485 e. The fourth-order valence-electron chi connectivity index (χ4n) is 1.48. The Labute approximate surface area is 116 Å². The third-order valence-electron chi connectivity index (χ3n) is 2.50. The summed E-state index contributed by atoms with van der Waals surface area (Å²) < 4.78 is 74.4. The van der Waals surface area contributed by atoms with Crippen LogP contribution in [0, 0.1) is 29.1 Å². The van der Waals surface area contributed by atoms with E-state index in [1.165, 1.54) is 0 Å². The summed E-state index contributed by atoms with van der Waals surface area (Å²) in [5.41, 5.74) is 0. The fraction of sp³-hybridized carbons (Fsp3) is 0.417. The van der Waals surface area contributed by atoms with E-state index in [0.717, 1.165) is 7.11 Å². The smallest absolute Gasteiger partial charge is 0.326 e. The van der Waals surface area contributed by atoms with Crippen molar-refractivity contribution in [1.82, 2.24) is 5.32 Å². The first kappa shape index (κ1) is 17.2. The third-order valence-corrected chi connectivity index (χ3v) is 2.50. The van der Waals surface area contributed by atoms with Gasteiger partial charge in [0, 0.05) is 0 Å². The third kappa shape index (κ3) is 3.60. The molecule has 0 bridgehead atoms. The lowest BCUT2D eigenvalue weighted by Gasteiger charge is -2.17. The average Bonchev–Trinajstić information content (AvgIpc) is 2.49. The minimum atomic E-state index is -2.28. The first-order valence-electron chi connectivity index (χ1n) is 5.80. The molecule has 0 amide bonds. The van der Waals surface area contributed by atoms with Gasteiger partial charge in [-0.3, -0.25) is 4.79 Å². The van der Waals surface area contributed by atoms with Crippen molar-refractivity contribution in [3.8, 4) is 5.75 Å². The maximum Gasteiger partial charge on any atom is 0.326 e. The van der Waals surface area contributed by atoms with Gasteiger partial charge in [0.15, 0.2) is 5.75 Å². The number of nitrogens with one attached hydrogen (secondary N) is 1. The van der Waals surface area contributed by atoms with E-state index in [0.29, 0.717) is 6.54 Å². The number of methoxy groups -OCH3 is 1. The lowest BCUT2D eigenvalue weighted by atomic mass is 10.2. The van der Waals surface area contributed by atoms with E-state index in [2.05, 4.69) is 14.8 Å². The van der Waals surface area contributed by atoms with Gasteiger partial charge in [-0.1, -0.05) is 6.92 Å². The number of esters is 1. The molecule has 9 heteroatoms. The number of likely N-dealkylation sites (N-methyl/N-ethyl adjacent to an activating group) is 1. The van der Waals surface area contributed by atoms with Crippen LogP contribution in [0.4, 0.5) is 22.0 Å². The van der Waals surface area contributed by atoms with E-state index in [9.17, 15) is 26.7 Å². The van der Waals surface area contributed by atoms with Gasteiger partial charge in [0.1, 0.15) is 12.6 Å². The molecule has 1 aromatic rings. The van der Waals surface area contributed by atoms with Crippen molar-refractivity contribution in [3.63, 3.8) is 0 Å². The number of hydrogen-bond acceptors (Lipinski definition) is 4. The normalized spacial score (nSPS) is 12.1. The first-order valence-corrected chi connectivity index (χ1v) is 5.80. The minimum absolute atomic E-state index is 0.292. The van der Waals surface area contributed by atoms with Crippen LogP contribution in [0.25, 0.3) is 0 Å². The van der Waals surface area contributed by atoms with Crippen molar-refractivity contribution in [1.29, 1.82) is 0 Å². The van der Waals surface area contributed by atoms with Gasteiger partial charge in [0.05, 0.1) is 7.11 Å². The molecule has 0 spiro atoms. The maximum atomic E-state index is 13.3. The van der Waals surface area contributed by atoms with Crippen LogP contribution in [-0.2, 0) is 9.53 Å².